The van der Waals surface area contributed by atoms with E-state index in [9.17, 15) is 0 Å². The Kier molecular flexibility index (Phi) is 2.03. The topological polar surface area (TPSA) is 25.1 Å². The first kappa shape index (κ1) is 8.45. The van der Waals surface area contributed by atoms with E-state index in [-0.39, 0.29) is 0 Å². The first-order valence-corrected chi connectivity index (χ1v) is 5.21. The summed E-state index contributed by atoms with van der Waals surface area (Å²) in [5.74, 6) is 0. The van der Waals surface area contributed by atoms with Gasteiger partial charge in [0, 0.05) is 12.8 Å². The maximum absolute atomic E-state index is 5.22. The number of epoxide rings is 2. The van der Waals surface area contributed by atoms with E-state index < -0.39 is 0 Å². The highest BCUT2D eigenvalue weighted by Crippen LogP contribution is 2.20. The van der Waals surface area contributed by atoms with Crippen molar-refractivity contribution in [2.45, 2.75) is 25.0 Å². The molecule has 1 aromatic rings. The number of rotatable bonds is 4. The fourth-order valence-corrected chi connectivity index (χ4v) is 1.78. The van der Waals surface area contributed by atoms with Crippen molar-refractivity contribution in [2.24, 2.45) is 0 Å². The SMILES string of the molecule is c1cc(CC2CO2)cc(CC2CO2)c1. The third kappa shape index (κ3) is 2.14. The van der Waals surface area contributed by atoms with E-state index in [0.29, 0.717) is 12.2 Å². The van der Waals surface area contributed by atoms with Crippen molar-refractivity contribution in [3.8, 4) is 0 Å². The zero-order chi connectivity index (χ0) is 9.38. The molecule has 0 amide bonds. The molecule has 0 spiro atoms. The molecule has 2 aliphatic rings. The van der Waals surface area contributed by atoms with Crippen molar-refractivity contribution in [2.75, 3.05) is 13.2 Å². The predicted octanol–water partition coefficient (Wildman–Crippen LogP) is 1.57. The molecular weight excluding hydrogens is 176 g/mol. The molecule has 1 aromatic carbocycles. The second-order valence-electron chi connectivity index (χ2n) is 4.14. The lowest BCUT2D eigenvalue weighted by molar-refractivity contribution is 0.406. The van der Waals surface area contributed by atoms with Crippen LogP contribution in [0.15, 0.2) is 24.3 Å². The molecule has 0 aromatic heterocycles. The normalized spacial score (nSPS) is 28.9. The smallest absolute Gasteiger partial charge is 0.0850 e. The highest BCUT2D eigenvalue weighted by molar-refractivity contribution is 5.25. The highest BCUT2D eigenvalue weighted by atomic mass is 16.6. The summed E-state index contributed by atoms with van der Waals surface area (Å²) in [6, 6.07) is 8.77. The van der Waals surface area contributed by atoms with Gasteiger partial charge in [0.05, 0.1) is 25.4 Å². The molecule has 0 bridgehead atoms. The lowest BCUT2D eigenvalue weighted by Crippen LogP contribution is -1.97. The third-order valence-corrected chi connectivity index (χ3v) is 2.72. The summed E-state index contributed by atoms with van der Waals surface area (Å²) >= 11 is 0. The molecule has 2 heterocycles. The molecule has 0 aliphatic carbocycles. The Labute approximate surface area is 83.8 Å². The molecular formula is C12H14O2. The quantitative estimate of drug-likeness (QED) is 0.673. The van der Waals surface area contributed by atoms with Crippen LogP contribution in [0.25, 0.3) is 0 Å². The van der Waals surface area contributed by atoms with Gasteiger partial charge >= 0.3 is 0 Å². The van der Waals surface area contributed by atoms with Crippen molar-refractivity contribution in [1.29, 1.82) is 0 Å². The van der Waals surface area contributed by atoms with Gasteiger partial charge in [0.15, 0.2) is 0 Å². The summed E-state index contributed by atoms with van der Waals surface area (Å²) in [5, 5.41) is 0. The van der Waals surface area contributed by atoms with E-state index >= 15 is 0 Å². The molecule has 2 saturated heterocycles. The average Bonchev–Trinajstić information content (AvgIpc) is 3.00. The van der Waals surface area contributed by atoms with Crippen LogP contribution in [0.1, 0.15) is 11.1 Å². The van der Waals surface area contributed by atoms with E-state index in [1.54, 1.807) is 0 Å². The van der Waals surface area contributed by atoms with Crippen molar-refractivity contribution < 1.29 is 9.47 Å². The number of hydrogen-bond acceptors (Lipinski definition) is 2. The van der Waals surface area contributed by atoms with Crippen LogP contribution in [0.5, 0.6) is 0 Å². The first-order valence-electron chi connectivity index (χ1n) is 5.21. The van der Waals surface area contributed by atoms with Crippen LogP contribution in [0.4, 0.5) is 0 Å². The molecule has 3 rings (SSSR count). The summed E-state index contributed by atoms with van der Waals surface area (Å²) in [5.41, 5.74) is 2.79. The summed E-state index contributed by atoms with van der Waals surface area (Å²) < 4.78 is 10.4. The Bertz CT molecular complexity index is 298. The molecule has 74 valence electrons. The Balaban J connectivity index is 1.68. The molecule has 0 radical (unpaired) electrons. The largest absolute Gasteiger partial charge is 0.373 e. The number of benzene rings is 1. The molecule has 2 atom stereocenters. The van der Waals surface area contributed by atoms with Crippen molar-refractivity contribution in [3.63, 3.8) is 0 Å². The van der Waals surface area contributed by atoms with Gasteiger partial charge < -0.3 is 9.47 Å². The Hall–Kier alpha value is -0.860. The monoisotopic (exact) mass is 190 g/mol. The van der Waals surface area contributed by atoms with Crippen LogP contribution in [0.3, 0.4) is 0 Å². The van der Waals surface area contributed by atoms with Crippen LogP contribution >= 0.6 is 0 Å². The summed E-state index contributed by atoms with van der Waals surface area (Å²) in [6.45, 7) is 1.88. The van der Waals surface area contributed by atoms with Gasteiger partial charge in [0.2, 0.25) is 0 Å². The van der Waals surface area contributed by atoms with Crippen LogP contribution < -0.4 is 0 Å². The molecule has 2 unspecified atom stereocenters. The number of hydrogen-bond donors (Lipinski definition) is 0. The fourth-order valence-electron chi connectivity index (χ4n) is 1.78. The highest BCUT2D eigenvalue weighted by Gasteiger charge is 2.24. The van der Waals surface area contributed by atoms with Gasteiger partial charge in [-0.25, -0.2) is 0 Å². The third-order valence-electron chi connectivity index (χ3n) is 2.72. The first-order chi connectivity index (χ1) is 6.90. The Morgan fingerprint density at radius 1 is 1.00 bits per heavy atom. The van der Waals surface area contributed by atoms with E-state index in [0.717, 1.165) is 26.1 Å². The van der Waals surface area contributed by atoms with Gasteiger partial charge in [0.1, 0.15) is 0 Å². The summed E-state index contributed by atoms with van der Waals surface area (Å²) in [7, 11) is 0. The maximum Gasteiger partial charge on any atom is 0.0850 e. The Morgan fingerprint density at radius 3 is 1.93 bits per heavy atom. The molecule has 2 nitrogen and oxygen atoms in total. The minimum Gasteiger partial charge on any atom is -0.373 e. The van der Waals surface area contributed by atoms with Crippen LogP contribution in [0, 0.1) is 0 Å². The van der Waals surface area contributed by atoms with Crippen LogP contribution in [0.2, 0.25) is 0 Å². The molecule has 0 N–H and O–H groups in total. The van der Waals surface area contributed by atoms with Gasteiger partial charge in [-0.15, -0.1) is 0 Å². The van der Waals surface area contributed by atoms with E-state index in [1.165, 1.54) is 11.1 Å². The van der Waals surface area contributed by atoms with Crippen molar-refractivity contribution >= 4 is 0 Å². The lowest BCUT2D eigenvalue weighted by atomic mass is 10.0. The van der Waals surface area contributed by atoms with E-state index in [4.69, 9.17) is 9.47 Å². The second-order valence-corrected chi connectivity index (χ2v) is 4.14. The Morgan fingerprint density at radius 2 is 1.50 bits per heavy atom. The zero-order valence-corrected chi connectivity index (χ0v) is 8.11. The molecule has 2 aliphatic heterocycles. The van der Waals surface area contributed by atoms with Crippen molar-refractivity contribution in [1.82, 2.24) is 0 Å². The minimum absolute atomic E-state index is 0.488. The second kappa shape index (κ2) is 3.37. The van der Waals surface area contributed by atoms with Gasteiger partial charge in [-0.1, -0.05) is 24.3 Å². The summed E-state index contributed by atoms with van der Waals surface area (Å²) in [6.07, 6.45) is 3.11. The summed E-state index contributed by atoms with van der Waals surface area (Å²) in [4.78, 5) is 0. The molecule has 0 saturated carbocycles. The van der Waals surface area contributed by atoms with Crippen LogP contribution in [-0.2, 0) is 22.3 Å². The standard InChI is InChI=1S/C12H14O2/c1-2-9(5-11-7-13-11)4-10(3-1)6-12-8-14-12/h1-4,11-12H,5-8H2. The van der Waals surface area contributed by atoms with Crippen LogP contribution in [-0.4, -0.2) is 25.4 Å². The fraction of sp³-hybridized carbons (Fsp3) is 0.500. The predicted molar refractivity (Wildman–Crippen MR) is 53.3 cm³/mol. The van der Waals surface area contributed by atoms with Gasteiger partial charge in [0.25, 0.3) is 0 Å². The molecule has 2 fully saturated rings. The minimum atomic E-state index is 0.488. The molecule has 2 heteroatoms. The average molecular weight is 190 g/mol. The van der Waals surface area contributed by atoms with Gasteiger partial charge in [-0.3, -0.25) is 0 Å². The maximum atomic E-state index is 5.22. The van der Waals surface area contributed by atoms with Gasteiger partial charge in [-0.05, 0) is 11.1 Å². The van der Waals surface area contributed by atoms with E-state index in [2.05, 4.69) is 24.3 Å². The zero-order valence-electron chi connectivity index (χ0n) is 8.11. The van der Waals surface area contributed by atoms with Crippen molar-refractivity contribution in [3.05, 3.63) is 35.4 Å². The molecule has 14 heavy (non-hydrogen) atoms. The van der Waals surface area contributed by atoms with Gasteiger partial charge in [-0.2, -0.15) is 0 Å². The van der Waals surface area contributed by atoms with E-state index in [1.807, 2.05) is 0 Å². The lowest BCUT2D eigenvalue weighted by Gasteiger charge is -2.02. The number of ether oxygens (including phenoxy) is 2.